The number of hydrogen-bond acceptors (Lipinski definition) is 5. The molecule has 3 heterocycles. The molecule has 1 atom stereocenters. The second-order valence-corrected chi connectivity index (χ2v) is 10.00. The summed E-state index contributed by atoms with van der Waals surface area (Å²) >= 11 is 1.71. The number of ether oxygens (including phenoxy) is 2. The Labute approximate surface area is 203 Å². The predicted molar refractivity (Wildman–Crippen MR) is 135 cm³/mol. The third-order valence-corrected chi connectivity index (χ3v) is 6.39. The second-order valence-electron chi connectivity index (χ2n) is 9.05. The zero-order valence-corrected chi connectivity index (χ0v) is 22.1. The number of aromatic nitrogens is 1. The Morgan fingerprint density at radius 2 is 2.07 bits per heavy atom. The molecule has 172 valence electrons. The van der Waals surface area contributed by atoms with Crippen molar-refractivity contribution >= 4 is 41.3 Å². The van der Waals surface area contributed by atoms with Crippen LogP contribution in [0.4, 0.5) is 0 Å². The van der Waals surface area contributed by atoms with E-state index in [1.807, 2.05) is 0 Å². The number of rotatable bonds is 6. The maximum Gasteiger partial charge on any atom is 0.194 e. The molecule has 30 heavy (non-hydrogen) atoms. The molecule has 1 aromatic heterocycles. The first kappa shape index (κ1) is 25.8. The smallest absolute Gasteiger partial charge is 0.194 e. The number of guanidine groups is 1. The number of nitrogens with one attached hydrogen (secondary N) is 1. The zero-order valence-electron chi connectivity index (χ0n) is 19.0. The number of halogens is 1. The lowest BCUT2D eigenvalue weighted by Gasteiger charge is -2.35. The third-order valence-electron chi connectivity index (χ3n) is 5.55. The minimum absolute atomic E-state index is 0. The van der Waals surface area contributed by atoms with E-state index in [0.717, 1.165) is 68.8 Å². The molecule has 0 amide bonds. The van der Waals surface area contributed by atoms with E-state index in [4.69, 9.17) is 19.5 Å². The second kappa shape index (κ2) is 12.6. The molecule has 0 radical (unpaired) electrons. The van der Waals surface area contributed by atoms with Gasteiger partial charge >= 0.3 is 0 Å². The van der Waals surface area contributed by atoms with Crippen LogP contribution < -0.4 is 5.32 Å². The number of hydrogen-bond donors (Lipinski definition) is 1. The van der Waals surface area contributed by atoms with Crippen molar-refractivity contribution in [3.05, 3.63) is 16.1 Å². The van der Waals surface area contributed by atoms with Gasteiger partial charge in [0.15, 0.2) is 5.96 Å². The predicted octanol–water partition coefficient (Wildman–Crippen LogP) is 4.57. The zero-order chi connectivity index (χ0) is 20.7. The van der Waals surface area contributed by atoms with E-state index in [2.05, 4.69) is 43.3 Å². The Morgan fingerprint density at radius 3 is 2.67 bits per heavy atom. The van der Waals surface area contributed by atoms with Crippen LogP contribution >= 0.6 is 35.3 Å². The van der Waals surface area contributed by atoms with Crippen LogP contribution in [0.2, 0.25) is 0 Å². The highest BCUT2D eigenvalue weighted by Crippen LogP contribution is 2.24. The van der Waals surface area contributed by atoms with Crippen LogP contribution in [0.25, 0.3) is 0 Å². The van der Waals surface area contributed by atoms with Gasteiger partial charge < -0.3 is 19.7 Å². The van der Waals surface area contributed by atoms with Gasteiger partial charge in [-0.2, -0.15) is 0 Å². The fourth-order valence-corrected chi connectivity index (χ4v) is 4.66. The Morgan fingerprint density at radius 1 is 1.30 bits per heavy atom. The summed E-state index contributed by atoms with van der Waals surface area (Å²) in [4.78, 5) is 12.0. The highest BCUT2D eigenvalue weighted by Gasteiger charge is 2.24. The fourth-order valence-electron chi connectivity index (χ4n) is 3.71. The first-order valence-electron chi connectivity index (χ1n) is 11.2. The molecule has 2 aliphatic rings. The number of nitrogens with zero attached hydrogens (tertiary/aromatic N) is 3. The standard InChI is InChI=1S/C22H38N4O2S.HI/c1-5-23-21(24-14-20-25-19(16-29-20)22(2,3)4)26-11-9-17(10-12-26)28-15-18-8-6-7-13-27-18;/h16-18H,5-15H2,1-4H3,(H,23,24);1H. The summed E-state index contributed by atoms with van der Waals surface area (Å²) in [6.45, 7) is 13.8. The van der Waals surface area contributed by atoms with Gasteiger partial charge in [-0.05, 0) is 39.0 Å². The summed E-state index contributed by atoms with van der Waals surface area (Å²) in [6, 6.07) is 0. The molecule has 0 aliphatic carbocycles. The SMILES string of the molecule is CCNC(=NCc1nc(C(C)(C)C)cs1)N1CCC(OCC2CCCCO2)CC1.I. The van der Waals surface area contributed by atoms with Crippen molar-refractivity contribution < 1.29 is 9.47 Å². The van der Waals surface area contributed by atoms with Crippen molar-refractivity contribution in [3.63, 3.8) is 0 Å². The summed E-state index contributed by atoms with van der Waals surface area (Å²) in [5, 5.41) is 6.69. The van der Waals surface area contributed by atoms with Crippen LogP contribution in [0.3, 0.4) is 0 Å². The molecule has 0 aromatic carbocycles. The van der Waals surface area contributed by atoms with E-state index in [0.29, 0.717) is 18.8 Å². The lowest BCUT2D eigenvalue weighted by Crippen LogP contribution is -2.47. The quantitative estimate of drug-likeness (QED) is 0.320. The fraction of sp³-hybridized carbons (Fsp3) is 0.818. The summed E-state index contributed by atoms with van der Waals surface area (Å²) in [6.07, 6.45) is 6.34. The largest absolute Gasteiger partial charge is 0.376 e. The lowest BCUT2D eigenvalue weighted by molar-refractivity contribution is -0.0721. The van der Waals surface area contributed by atoms with Gasteiger partial charge in [0.05, 0.1) is 31.1 Å². The Hall–Kier alpha value is -0.450. The van der Waals surface area contributed by atoms with E-state index < -0.39 is 0 Å². The molecule has 2 fully saturated rings. The highest BCUT2D eigenvalue weighted by molar-refractivity contribution is 14.0. The van der Waals surface area contributed by atoms with E-state index in [1.54, 1.807) is 11.3 Å². The average Bonchev–Trinajstić information content (AvgIpc) is 3.20. The molecule has 0 saturated carbocycles. The molecular weight excluding hydrogens is 511 g/mol. The molecule has 1 aromatic rings. The first-order valence-corrected chi connectivity index (χ1v) is 12.0. The van der Waals surface area contributed by atoms with Gasteiger partial charge in [0.2, 0.25) is 0 Å². The van der Waals surface area contributed by atoms with Crippen molar-refractivity contribution in [2.45, 2.75) is 84.0 Å². The summed E-state index contributed by atoms with van der Waals surface area (Å²) in [7, 11) is 0. The monoisotopic (exact) mass is 550 g/mol. The van der Waals surface area contributed by atoms with Crippen LogP contribution in [0, 0.1) is 0 Å². The normalized spacial score (nSPS) is 21.4. The number of piperidine rings is 1. The van der Waals surface area contributed by atoms with Gasteiger partial charge in [-0.15, -0.1) is 35.3 Å². The van der Waals surface area contributed by atoms with Crippen LogP contribution in [-0.4, -0.2) is 60.9 Å². The van der Waals surface area contributed by atoms with Crippen molar-refractivity contribution in [2.24, 2.45) is 4.99 Å². The summed E-state index contributed by atoms with van der Waals surface area (Å²) in [5.74, 6) is 0.995. The molecule has 1 N–H and O–H groups in total. The van der Waals surface area contributed by atoms with Crippen LogP contribution in [0.15, 0.2) is 10.4 Å². The molecule has 3 rings (SSSR count). The molecule has 0 spiro atoms. The van der Waals surface area contributed by atoms with Crippen molar-refractivity contribution in [3.8, 4) is 0 Å². The maximum atomic E-state index is 6.15. The topological polar surface area (TPSA) is 59.0 Å². The molecule has 0 bridgehead atoms. The van der Waals surface area contributed by atoms with Gasteiger partial charge in [0, 0.05) is 37.0 Å². The maximum absolute atomic E-state index is 6.15. The van der Waals surface area contributed by atoms with Gasteiger partial charge in [-0.1, -0.05) is 20.8 Å². The van der Waals surface area contributed by atoms with Crippen LogP contribution in [0.5, 0.6) is 0 Å². The molecular formula is C22H39IN4O2S. The number of thiazole rings is 1. The van der Waals surface area contributed by atoms with Crippen LogP contribution in [0.1, 0.15) is 70.5 Å². The van der Waals surface area contributed by atoms with Gasteiger partial charge in [-0.3, -0.25) is 0 Å². The Balaban J connectivity index is 0.00000320. The van der Waals surface area contributed by atoms with Crippen LogP contribution in [-0.2, 0) is 21.4 Å². The summed E-state index contributed by atoms with van der Waals surface area (Å²) in [5.41, 5.74) is 1.24. The third kappa shape index (κ3) is 7.91. The van der Waals surface area contributed by atoms with E-state index >= 15 is 0 Å². The van der Waals surface area contributed by atoms with E-state index in [9.17, 15) is 0 Å². The van der Waals surface area contributed by atoms with Crippen molar-refractivity contribution in [1.29, 1.82) is 0 Å². The molecule has 6 nitrogen and oxygen atoms in total. The lowest BCUT2D eigenvalue weighted by atomic mass is 9.93. The minimum atomic E-state index is 0. The molecule has 2 aliphatic heterocycles. The first-order chi connectivity index (χ1) is 14.0. The number of aliphatic imine (C=N–C) groups is 1. The average molecular weight is 551 g/mol. The van der Waals surface area contributed by atoms with Gasteiger partial charge in [0.1, 0.15) is 5.01 Å². The minimum Gasteiger partial charge on any atom is -0.376 e. The van der Waals surface area contributed by atoms with Crippen molar-refractivity contribution in [2.75, 3.05) is 32.8 Å². The molecule has 2 saturated heterocycles. The van der Waals surface area contributed by atoms with Crippen molar-refractivity contribution in [1.82, 2.24) is 15.2 Å². The Bertz CT molecular complexity index is 648. The van der Waals surface area contributed by atoms with E-state index in [-0.39, 0.29) is 29.4 Å². The van der Waals surface area contributed by atoms with E-state index in [1.165, 1.54) is 12.8 Å². The Kier molecular flexibility index (Phi) is 10.8. The summed E-state index contributed by atoms with van der Waals surface area (Å²) < 4.78 is 11.9. The van der Waals surface area contributed by atoms with Gasteiger partial charge in [-0.25, -0.2) is 9.98 Å². The number of likely N-dealkylation sites (tertiary alicyclic amines) is 1. The van der Waals surface area contributed by atoms with Gasteiger partial charge in [0.25, 0.3) is 0 Å². The highest BCUT2D eigenvalue weighted by atomic mass is 127. The molecule has 8 heteroatoms. The molecule has 1 unspecified atom stereocenters.